The highest BCUT2D eigenvalue weighted by atomic mass is 19.4. The van der Waals surface area contributed by atoms with Crippen LogP contribution in [0, 0.1) is 12.8 Å². The molecule has 9 heteroatoms. The number of halogens is 5. The van der Waals surface area contributed by atoms with E-state index < -0.39 is 17.7 Å². The van der Waals surface area contributed by atoms with Gasteiger partial charge in [-0.3, -0.25) is 4.79 Å². The van der Waals surface area contributed by atoms with E-state index in [0.717, 1.165) is 23.0 Å². The summed E-state index contributed by atoms with van der Waals surface area (Å²) in [6, 6.07) is 11.2. The lowest BCUT2D eigenvalue weighted by Crippen LogP contribution is -2.55. The molecule has 2 aromatic carbocycles. The van der Waals surface area contributed by atoms with Crippen LogP contribution in [-0.4, -0.2) is 35.5 Å². The first-order valence-corrected chi connectivity index (χ1v) is 11.7. The lowest BCUT2D eigenvalue weighted by atomic mass is 9.91. The lowest BCUT2D eigenvalue weighted by Gasteiger charge is -2.41. The van der Waals surface area contributed by atoms with Crippen LogP contribution in [0.4, 0.5) is 27.6 Å². The molecular formula is C26H26F5N3O. The number of aromatic nitrogens is 1. The predicted octanol–water partition coefficient (Wildman–Crippen LogP) is 6.09. The minimum Gasteiger partial charge on any atom is -0.370 e. The second kappa shape index (κ2) is 8.53. The Morgan fingerprint density at radius 3 is 2.40 bits per heavy atom. The van der Waals surface area contributed by atoms with E-state index in [1.165, 1.54) is 12.1 Å². The summed E-state index contributed by atoms with van der Waals surface area (Å²) in [5.74, 6) is -2.92. The van der Waals surface area contributed by atoms with Crippen molar-refractivity contribution in [2.24, 2.45) is 5.92 Å². The van der Waals surface area contributed by atoms with E-state index in [4.69, 9.17) is 0 Å². The molecule has 5 rings (SSSR count). The Hall–Kier alpha value is -3.10. The Morgan fingerprint density at radius 2 is 1.71 bits per heavy atom. The second-order valence-electron chi connectivity index (χ2n) is 9.67. The van der Waals surface area contributed by atoms with Gasteiger partial charge in [0.05, 0.1) is 17.0 Å². The molecule has 3 aromatic rings. The fourth-order valence-corrected chi connectivity index (χ4v) is 4.98. The van der Waals surface area contributed by atoms with Crippen LogP contribution in [0.15, 0.2) is 48.7 Å². The molecule has 4 nitrogen and oxygen atoms in total. The topological polar surface area (TPSA) is 37.3 Å². The molecular weight excluding hydrogens is 465 g/mol. The lowest BCUT2D eigenvalue weighted by molar-refractivity contribution is -0.137. The van der Waals surface area contributed by atoms with Crippen LogP contribution in [0.1, 0.15) is 36.8 Å². The van der Waals surface area contributed by atoms with Crippen molar-refractivity contribution in [3.05, 3.63) is 59.8 Å². The summed E-state index contributed by atoms with van der Waals surface area (Å²) in [5.41, 5.74) is 2.49. The average Bonchev–Trinajstić information content (AvgIpc) is 3.10. The normalized spacial score (nSPS) is 19.1. The van der Waals surface area contributed by atoms with E-state index >= 15 is 0 Å². The molecule has 0 bridgehead atoms. The third-order valence-electron chi connectivity index (χ3n) is 7.12. The quantitative estimate of drug-likeness (QED) is 0.449. The van der Waals surface area contributed by atoms with Gasteiger partial charge in [-0.2, -0.15) is 13.2 Å². The molecule has 2 fully saturated rings. The number of rotatable bonds is 4. The zero-order chi connectivity index (χ0) is 25.0. The Balaban J connectivity index is 1.27. The number of anilines is 1. The first kappa shape index (κ1) is 23.6. The number of amides is 1. The van der Waals surface area contributed by atoms with E-state index in [1.807, 2.05) is 35.0 Å². The van der Waals surface area contributed by atoms with Crippen LogP contribution < -0.4 is 10.2 Å². The van der Waals surface area contributed by atoms with Crippen LogP contribution in [-0.2, 0) is 11.0 Å². The maximum absolute atomic E-state index is 13.3. The molecule has 0 unspecified atom stereocenters. The van der Waals surface area contributed by atoms with Gasteiger partial charge in [0.1, 0.15) is 0 Å². The molecule has 1 aliphatic carbocycles. The van der Waals surface area contributed by atoms with Crippen LogP contribution in [0.3, 0.4) is 0 Å². The third kappa shape index (κ3) is 4.73. The largest absolute Gasteiger partial charge is 0.416 e. The maximum Gasteiger partial charge on any atom is 0.416 e. The maximum atomic E-state index is 13.3. The Kier molecular flexibility index (Phi) is 5.76. The smallest absolute Gasteiger partial charge is 0.370 e. The zero-order valence-corrected chi connectivity index (χ0v) is 19.2. The third-order valence-corrected chi connectivity index (χ3v) is 7.12. The number of fused-ring (bicyclic) bond motifs is 1. The minimum atomic E-state index is -4.40. The monoisotopic (exact) mass is 491 g/mol. The van der Waals surface area contributed by atoms with Gasteiger partial charge in [-0.15, -0.1) is 0 Å². The van der Waals surface area contributed by atoms with Gasteiger partial charge in [0, 0.05) is 54.9 Å². The number of hydrogen-bond acceptors (Lipinski definition) is 2. The van der Waals surface area contributed by atoms with Crippen molar-refractivity contribution in [1.82, 2.24) is 9.88 Å². The highest BCUT2D eigenvalue weighted by molar-refractivity contribution is 5.86. The van der Waals surface area contributed by atoms with Gasteiger partial charge in [-0.1, -0.05) is 6.07 Å². The standard InChI is InChI=1S/C26H26F5N3O/c1-16-13-34(23-6-5-18(11-22(16)23)26(29,30)31)21-4-2-3-20(12-21)33-14-17(15-33)24(35)32-19-7-9-25(27,28)10-8-19/h2-6,11-13,17,19H,7-10,14-15H2,1H3,(H,32,35). The number of alkyl halides is 5. The number of carbonyl (C=O) groups is 1. The average molecular weight is 492 g/mol. The van der Waals surface area contributed by atoms with Gasteiger partial charge in [-0.05, 0) is 61.7 Å². The number of carbonyl (C=O) groups excluding carboxylic acids is 1. The molecule has 186 valence electrons. The molecule has 0 atom stereocenters. The fraction of sp³-hybridized carbons (Fsp3) is 0.423. The molecule has 1 saturated heterocycles. The van der Waals surface area contributed by atoms with Gasteiger partial charge in [0.15, 0.2) is 0 Å². The summed E-state index contributed by atoms with van der Waals surface area (Å²) in [6.07, 6.45) is -2.36. The van der Waals surface area contributed by atoms with Crippen LogP contribution >= 0.6 is 0 Å². The summed E-state index contributed by atoms with van der Waals surface area (Å²) < 4.78 is 68.0. The van der Waals surface area contributed by atoms with E-state index in [0.29, 0.717) is 36.8 Å². The first-order valence-electron chi connectivity index (χ1n) is 11.7. The molecule has 1 saturated carbocycles. The molecule has 35 heavy (non-hydrogen) atoms. The highest BCUT2D eigenvalue weighted by Crippen LogP contribution is 2.35. The molecule has 1 aliphatic heterocycles. The van der Waals surface area contributed by atoms with Gasteiger partial charge in [-0.25, -0.2) is 8.78 Å². The van der Waals surface area contributed by atoms with Crippen molar-refractivity contribution >= 4 is 22.5 Å². The first-order chi connectivity index (χ1) is 16.5. The Bertz CT molecular complexity index is 1250. The molecule has 1 amide bonds. The number of benzene rings is 2. The molecule has 1 N–H and O–H groups in total. The van der Waals surface area contributed by atoms with Crippen molar-refractivity contribution in [2.45, 2.75) is 50.7 Å². The summed E-state index contributed by atoms with van der Waals surface area (Å²) in [7, 11) is 0. The number of nitrogens with zero attached hydrogens (tertiary/aromatic N) is 2. The van der Waals surface area contributed by atoms with Gasteiger partial charge in [0.25, 0.3) is 0 Å². The summed E-state index contributed by atoms with van der Waals surface area (Å²) in [6.45, 7) is 2.84. The van der Waals surface area contributed by atoms with E-state index in [1.54, 1.807) is 6.92 Å². The van der Waals surface area contributed by atoms with Crippen molar-refractivity contribution in [3.8, 4) is 5.69 Å². The molecule has 2 aliphatic rings. The van der Waals surface area contributed by atoms with Crippen LogP contribution in [0.25, 0.3) is 16.6 Å². The fourth-order valence-electron chi connectivity index (χ4n) is 4.98. The highest BCUT2D eigenvalue weighted by Gasteiger charge is 2.38. The zero-order valence-electron chi connectivity index (χ0n) is 19.2. The summed E-state index contributed by atoms with van der Waals surface area (Å²) in [5, 5.41) is 3.47. The molecule has 0 radical (unpaired) electrons. The van der Waals surface area contributed by atoms with Crippen molar-refractivity contribution in [1.29, 1.82) is 0 Å². The van der Waals surface area contributed by atoms with Crippen LogP contribution in [0.5, 0.6) is 0 Å². The number of nitrogens with one attached hydrogen (secondary N) is 1. The molecule has 1 aromatic heterocycles. The minimum absolute atomic E-state index is 0.0971. The molecule has 0 spiro atoms. The SMILES string of the molecule is Cc1cn(-c2cccc(N3CC(C(=O)NC4CCC(F)(F)CC4)C3)c2)c2ccc(C(F)(F)F)cc12. The summed E-state index contributed by atoms with van der Waals surface area (Å²) >= 11 is 0. The molecule has 2 heterocycles. The summed E-state index contributed by atoms with van der Waals surface area (Å²) in [4.78, 5) is 14.6. The Labute approximate surface area is 199 Å². The van der Waals surface area contributed by atoms with Gasteiger partial charge in [0.2, 0.25) is 11.8 Å². The second-order valence-corrected chi connectivity index (χ2v) is 9.67. The van der Waals surface area contributed by atoms with Gasteiger partial charge >= 0.3 is 6.18 Å². The number of aryl methyl sites for hydroxylation is 1. The van der Waals surface area contributed by atoms with Crippen molar-refractivity contribution in [3.63, 3.8) is 0 Å². The van der Waals surface area contributed by atoms with Gasteiger partial charge < -0.3 is 14.8 Å². The van der Waals surface area contributed by atoms with Crippen molar-refractivity contribution in [2.75, 3.05) is 18.0 Å². The van der Waals surface area contributed by atoms with E-state index in [9.17, 15) is 26.7 Å². The Morgan fingerprint density at radius 1 is 1.03 bits per heavy atom. The van der Waals surface area contributed by atoms with Crippen LogP contribution in [0.2, 0.25) is 0 Å². The van der Waals surface area contributed by atoms with E-state index in [2.05, 4.69) is 10.2 Å². The predicted molar refractivity (Wildman–Crippen MR) is 124 cm³/mol. The number of hydrogen-bond donors (Lipinski definition) is 1. The van der Waals surface area contributed by atoms with E-state index in [-0.39, 0.29) is 30.7 Å². The van der Waals surface area contributed by atoms with Crippen molar-refractivity contribution < 1.29 is 26.7 Å².